The van der Waals surface area contributed by atoms with E-state index in [1.54, 1.807) is 44.6 Å². The average Bonchev–Trinajstić information content (AvgIpc) is 3.09. The van der Waals surface area contributed by atoms with Crippen LogP contribution in [0.2, 0.25) is 15.2 Å². The molecule has 0 saturated heterocycles. The highest BCUT2D eigenvalue weighted by Gasteiger charge is 2.09. The van der Waals surface area contributed by atoms with Crippen molar-refractivity contribution in [2.24, 2.45) is 0 Å². The van der Waals surface area contributed by atoms with Gasteiger partial charge in [-0.2, -0.15) is 0 Å². The van der Waals surface area contributed by atoms with Gasteiger partial charge in [-0.05, 0) is 60.2 Å². The summed E-state index contributed by atoms with van der Waals surface area (Å²) >= 11 is 17.1. The molecule has 2 aromatic heterocycles. The lowest BCUT2D eigenvalue weighted by Crippen LogP contribution is -3.00. The van der Waals surface area contributed by atoms with Gasteiger partial charge in [-0.3, -0.25) is 0 Å². The molecule has 13 heteroatoms. The number of hydrogen-bond donors (Lipinski definition) is 3. The Morgan fingerprint density at radius 3 is 1.67 bits per heavy atom. The number of rotatable bonds is 6. The molecule has 0 saturated carbocycles. The van der Waals surface area contributed by atoms with Gasteiger partial charge < -0.3 is 37.8 Å². The number of aromatic nitrogens is 4. The lowest BCUT2D eigenvalue weighted by atomic mass is 10.1. The number of ether oxygens (including phenoxy) is 2. The number of anilines is 1. The first-order valence-corrected chi connectivity index (χ1v) is 15.1. The zero-order valence-corrected chi connectivity index (χ0v) is 28.7. The lowest BCUT2D eigenvalue weighted by molar-refractivity contribution is -0.0000121. The molecular formula is C35H30Cl4N5O4-. The highest BCUT2D eigenvalue weighted by atomic mass is 35.5. The standard InChI is InChI=1S/C18H15ClN2O2.C11H9ClN2O.C6H6ClNO.ClH/c1-23-18-5-3-2-4-14(18)16-10-13(20-11-21-16)8-12-6-7-15(19)17(22)9-12;1-15-10-5-3-2-4-8(10)9-6-11(12)14-7-13-9;7-5-2-1-4(8)3-6(5)9;/h2-7,9-11,22H,8H2,1H3;2-7H,1H3;1-3,9H,8H2;1H/p-1. The van der Waals surface area contributed by atoms with Crippen LogP contribution in [0.1, 0.15) is 11.3 Å². The highest BCUT2D eigenvalue weighted by Crippen LogP contribution is 2.30. The van der Waals surface area contributed by atoms with Gasteiger partial charge in [0.15, 0.2) is 0 Å². The summed E-state index contributed by atoms with van der Waals surface area (Å²) in [7, 11) is 3.26. The van der Waals surface area contributed by atoms with Gasteiger partial charge in [-0.25, -0.2) is 19.9 Å². The molecular weight excluding hydrogens is 696 g/mol. The summed E-state index contributed by atoms with van der Waals surface area (Å²) in [5.74, 6) is 1.63. The molecule has 0 fully saturated rings. The molecule has 48 heavy (non-hydrogen) atoms. The molecule has 0 atom stereocenters. The monoisotopic (exact) mass is 724 g/mol. The van der Waals surface area contributed by atoms with Crippen molar-refractivity contribution in [2.45, 2.75) is 6.42 Å². The van der Waals surface area contributed by atoms with E-state index >= 15 is 0 Å². The zero-order chi connectivity index (χ0) is 33.8. The number of nitrogens with zero attached hydrogens (tertiary/aromatic N) is 4. The fourth-order valence-corrected chi connectivity index (χ4v) is 4.62. The molecule has 9 nitrogen and oxygen atoms in total. The first-order valence-electron chi connectivity index (χ1n) is 13.9. The third-order valence-electron chi connectivity index (χ3n) is 6.49. The third-order valence-corrected chi connectivity index (χ3v) is 7.34. The molecule has 0 bridgehead atoms. The zero-order valence-electron chi connectivity index (χ0n) is 25.7. The predicted molar refractivity (Wildman–Crippen MR) is 187 cm³/mol. The molecule has 0 spiro atoms. The van der Waals surface area contributed by atoms with E-state index in [4.69, 9.17) is 55.1 Å². The van der Waals surface area contributed by atoms with E-state index in [1.807, 2.05) is 60.7 Å². The Balaban J connectivity index is 0.000000214. The van der Waals surface area contributed by atoms with Crippen molar-refractivity contribution in [3.05, 3.63) is 136 Å². The maximum Gasteiger partial charge on any atom is 0.136 e. The van der Waals surface area contributed by atoms with Crippen LogP contribution in [-0.4, -0.2) is 44.4 Å². The van der Waals surface area contributed by atoms with E-state index in [9.17, 15) is 5.11 Å². The number of aromatic hydroxyl groups is 2. The van der Waals surface area contributed by atoms with E-state index < -0.39 is 0 Å². The predicted octanol–water partition coefficient (Wildman–Crippen LogP) is 5.54. The summed E-state index contributed by atoms with van der Waals surface area (Å²) in [6.45, 7) is 0. The molecule has 0 aliphatic heterocycles. The van der Waals surface area contributed by atoms with Gasteiger partial charge in [0.2, 0.25) is 0 Å². The number of methoxy groups -OCH3 is 2. The largest absolute Gasteiger partial charge is 1.00 e. The number of nitrogen functional groups attached to an aromatic ring is 1. The lowest BCUT2D eigenvalue weighted by Gasteiger charge is -2.09. The van der Waals surface area contributed by atoms with Gasteiger partial charge >= 0.3 is 0 Å². The first-order chi connectivity index (χ1) is 22.7. The minimum Gasteiger partial charge on any atom is -1.00 e. The number of phenols is 2. The van der Waals surface area contributed by atoms with Crippen molar-refractivity contribution in [1.82, 2.24) is 19.9 Å². The molecule has 6 rings (SSSR count). The smallest absolute Gasteiger partial charge is 0.136 e. The van der Waals surface area contributed by atoms with Crippen LogP contribution in [0.4, 0.5) is 5.69 Å². The number of nitrogens with two attached hydrogens (primary N) is 1. The van der Waals surface area contributed by atoms with Crippen LogP contribution >= 0.6 is 34.8 Å². The number of para-hydroxylation sites is 2. The van der Waals surface area contributed by atoms with E-state index in [-0.39, 0.29) is 23.9 Å². The summed E-state index contributed by atoms with van der Waals surface area (Å²) < 4.78 is 10.6. The summed E-state index contributed by atoms with van der Waals surface area (Å²) in [5, 5.41) is 19.7. The van der Waals surface area contributed by atoms with E-state index in [2.05, 4.69) is 19.9 Å². The van der Waals surface area contributed by atoms with E-state index in [0.29, 0.717) is 27.3 Å². The number of halogens is 4. The molecule has 2 heterocycles. The van der Waals surface area contributed by atoms with Crippen LogP contribution in [0, 0.1) is 0 Å². The second kappa shape index (κ2) is 18.5. The Morgan fingerprint density at radius 1 is 0.625 bits per heavy atom. The molecule has 4 N–H and O–H groups in total. The minimum atomic E-state index is 0. The SMILES string of the molecule is COc1ccccc1-c1cc(Cc2ccc(Cl)c(O)c2)ncn1.COc1ccccc1-c1cc(Cl)ncn1.Nc1ccc(Cl)c(O)c1.[Cl-]. The Morgan fingerprint density at radius 2 is 1.15 bits per heavy atom. The van der Waals surface area contributed by atoms with Crippen LogP contribution in [-0.2, 0) is 6.42 Å². The quantitative estimate of drug-likeness (QED) is 0.149. The maximum atomic E-state index is 9.70. The van der Waals surface area contributed by atoms with Crippen molar-refractivity contribution >= 4 is 40.5 Å². The van der Waals surface area contributed by atoms with Crippen LogP contribution in [0.3, 0.4) is 0 Å². The van der Waals surface area contributed by atoms with Gasteiger partial charge in [0.05, 0.1) is 35.7 Å². The van der Waals surface area contributed by atoms with Crippen LogP contribution < -0.4 is 27.6 Å². The molecule has 0 radical (unpaired) electrons. The number of hydrogen-bond acceptors (Lipinski definition) is 9. The van der Waals surface area contributed by atoms with Crippen molar-refractivity contribution in [2.75, 3.05) is 20.0 Å². The molecule has 0 aliphatic carbocycles. The third kappa shape index (κ3) is 10.6. The van der Waals surface area contributed by atoms with Gasteiger partial charge in [0, 0.05) is 41.1 Å². The molecule has 248 valence electrons. The van der Waals surface area contributed by atoms with Gasteiger partial charge in [-0.15, -0.1) is 0 Å². The summed E-state index contributed by atoms with van der Waals surface area (Å²) in [5.41, 5.74) is 11.0. The Labute approximate surface area is 299 Å². The Kier molecular flexibility index (Phi) is 14.5. The van der Waals surface area contributed by atoms with Crippen LogP contribution in [0.15, 0.2) is 110 Å². The maximum absolute atomic E-state index is 9.70. The highest BCUT2D eigenvalue weighted by molar-refractivity contribution is 6.32. The first kappa shape index (κ1) is 37.7. The van der Waals surface area contributed by atoms with Gasteiger partial charge in [0.1, 0.15) is 40.8 Å². The summed E-state index contributed by atoms with van der Waals surface area (Å²) in [6.07, 6.45) is 3.55. The molecule has 0 unspecified atom stereocenters. The molecule has 0 amide bonds. The molecule has 4 aromatic carbocycles. The summed E-state index contributed by atoms with van der Waals surface area (Å²) in [6, 6.07) is 28.8. The van der Waals surface area contributed by atoms with Crippen molar-refractivity contribution < 1.29 is 32.1 Å². The van der Waals surface area contributed by atoms with E-state index in [0.717, 1.165) is 45.3 Å². The van der Waals surface area contributed by atoms with E-state index in [1.165, 1.54) is 18.7 Å². The van der Waals surface area contributed by atoms with Crippen molar-refractivity contribution in [3.63, 3.8) is 0 Å². The second-order valence-corrected chi connectivity index (χ2v) is 10.9. The normalized spacial score (nSPS) is 9.94. The van der Waals surface area contributed by atoms with Crippen molar-refractivity contribution in [3.8, 4) is 45.5 Å². The fourth-order valence-electron chi connectivity index (χ4n) is 4.24. The molecule has 6 aromatic rings. The minimum absolute atomic E-state index is 0. The number of phenolic OH excluding ortho intramolecular Hbond substituents is 2. The Bertz CT molecular complexity index is 1950. The van der Waals surface area contributed by atoms with Crippen LogP contribution in [0.25, 0.3) is 22.5 Å². The average molecular weight is 726 g/mol. The molecule has 0 aliphatic rings. The Hall–Kier alpha value is -4.80. The second-order valence-electron chi connectivity index (χ2n) is 9.69. The summed E-state index contributed by atoms with van der Waals surface area (Å²) in [4.78, 5) is 16.6. The van der Waals surface area contributed by atoms with Crippen molar-refractivity contribution in [1.29, 1.82) is 0 Å². The van der Waals surface area contributed by atoms with Crippen LogP contribution in [0.5, 0.6) is 23.0 Å². The topological polar surface area (TPSA) is 136 Å². The fraction of sp³-hybridized carbons (Fsp3) is 0.0857. The van der Waals surface area contributed by atoms with Gasteiger partial charge in [-0.1, -0.05) is 65.1 Å². The van der Waals surface area contributed by atoms with Gasteiger partial charge in [0.25, 0.3) is 0 Å². The number of benzene rings is 4.